The summed E-state index contributed by atoms with van der Waals surface area (Å²) in [5.41, 5.74) is 0. The molecule has 1 saturated carbocycles. The standard InChI is InChI=1S/C15H30N2/c1-4-13-5-7-14(8-6-13)17-10-9-15(16-3)12(2)11-17/h12-16H,4-11H2,1-3H3. The van der Waals surface area contributed by atoms with Gasteiger partial charge in [-0.05, 0) is 57.5 Å². The van der Waals surface area contributed by atoms with E-state index < -0.39 is 0 Å². The molecule has 2 nitrogen and oxygen atoms in total. The van der Waals surface area contributed by atoms with Gasteiger partial charge < -0.3 is 10.2 Å². The molecule has 0 aromatic heterocycles. The summed E-state index contributed by atoms with van der Waals surface area (Å²) >= 11 is 0. The van der Waals surface area contributed by atoms with E-state index in [1.807, 2.05) is 0 Å². The normalized spacial score (nSPS) is 40.4. The van der Waals surface area contributed by atoms with Crippen LogP contribution in [0, 0.1) is 11.8 Å². The summed E-state index contributed by atoms with van der Waals surface area (Å²) in [6.07, 6.45) is 8.59. The van der Waals surface area contributed by atoms with Crippen LogP contribution < -0.4 is 5.32 Å². The Morgan fingerprint density at radius 2 is 1.82 bits per heavy atom. The van der Waals surface area contributed by atoms with Crippen molar-refractivity contribution in [2.45, 2.75) is 64.5 Å². The zero-order valence-electron chi connectivity index (χ0n) is 11.9. The SMILES string of the molecule is CCC1CCC(N2CCC(NC)C(C)C2)CC1. The molecule has 2 aliphatic rings. The third-order valence-electron chi connectivity index (χ3n) is 5.22. The molecule has 0 aromatic carbocycles. The van der Waals surface area contributed by atoms with E-state index in [0.717, 1.165) is 23.9 Å². The smallest absolute Gasteiger partial charge is 0.0114 e. The second-order valence-electron chi connectivity index (χ2n) is 6.24. The Morgan fingerprint density at radius 3 is 2.35 bits per heavy atom. The highest BCUT2D eigenvalue weighted by Crippen LogP contribution is 2.31. The second kappa shape index (κ2) is 6.19. The van der Waals surface area contributed by atoms with Crippen molar-refractivity contribution in [1.82, 2.24) is 10.2 Å². The summed E-state index contributed by atoms with van der Waals surface area (Å²) in [6, 6.07) is 1.65. The predicted molar refractivity (Wildman–Crippen MR) is 74.2 cm³/mol. The van der Waals surface area contributed by atoms with Gasteiger partial charge in [0.15, 0.2) is 0 Å². The molecule has 2 atom stereocenters. The number of hydrogen-bond donors (Lipinski definition) is 1. The van der Waals surface area contributed by atoms with Crippen LogP contribution in [0.5, 0.6) is 0 Å². The molecule has 1 aliphatic carbocycles. The average molecular weight is 238 g/mol. The third kappa shape index (κ3) is 3.23. The first-order chi connectivity index (χ1) is 8.24. The molecule has 2 unspecified atom stereocenters. The van der Waals surface area contributed by atoms with Gasteiger partial charge in [0.25, 0.3) is 0 Å². The minimum atomic E-state index is 0.748. The Labute approximate surface area is 107 Å². The third-order valence-corrected chi connectivity index (χ3v) is 5.22. The Morgan fingerprint density at radius 1 is 1.12 bits per heavy atom. The van der Waals surface area contributed by atoms with E-state index in [1.165, 1.54) is 51.6 Å². The van der Waals surface area contributed by atoms with Crippen LogP contribution in [0.15, 0.2) is 0 Å². The Balaban J connectivity index is 1.80. The lowest BCUT2D eigenvalue weighted by Gasteiger charge is -2.43. The van der Waals surface area contributed by atoms with Gasteiger partial charge in [0.05, 0.1) is 0 Å². The van der Waals surface area contributed by atoms with Gasteiger partial charge in [-0.1, -0.05) is 20.3 Å². The van der Waals surface area contributed by atoms with Crippen LogP contribution in [0.1, 0.15) is 52.4 Å². The molecule has 1 saturated heterocycles. The van der Waals surface area contributed by atoms with Crippen molar-refractivity contribution in [2.75, 3.05) is 20.1 Å². The summed E-state index contributed by atoms with van der Waals surface area (Å²) in [6.45, 7) is 7.39. The number of rotatable bonds is 3. The van der Waals surface area contributed by atoms with Crippen molar-refractivity contribution >= 4 is 0 Å². The van der Waals surface area contributed by atoms with Crippen LogP contribution in [0.3, 0.4) is 0 Å². The molecule has 1 aliphatic heterocycles. The number of hydrogen-bond acceptors (Lipinski definition) is 2. The van der Waals surface area contributed by atoms with E-state index >= 15 is 0 Å². The number of likely N-dealkylation sites (tertiary alicyclic amines) is 1. The van der Waals surface area contributed by atoms with Crippen molar-refractivity contribution in [2.24, 2.45) is 11.8 Å². The van der Waals surface area contributed by atoms with Gasteiger partial charge in [-0.3, -0.25) is 0 Å². The summed E-state index contributed by atoms with van der Waals surface area (Å²) in [5.74, 6) is 1.84. The molecule has 2 rings (SSSR count). The monoisotopic (exact) mass is 238 g/mol. The lowest BCUT2D eigenvalue weighted by atomic mass is 9.82. The molecule has 2 heteroatoms. The number of nitrogens with one attached hydrogen (secondary N) is 1. The van der Waals surface area contributed by atoms with E-state index in [0.29, 0.717) is 0 Å². The highest BCUT2D eigenvalue weighted by Gasteiger charge is 2.31. The van der Waals surface area contributed by atoms with Crippen LogP contribution in [0.25, 0.3) is 0 Å². The van der Waals surface area contributed by atoms with Gasteiger partial charge in [0.1, 0.15) is 0 Å². The van der Waals surface area contributed by atoms with E-state index in [2.05, 4.69) is 31.1 Å². The van der Waals surface area contributed by atoms with Gasteiger partial charge in [0, 0.05) is 18.6 Å². The molecule has 0 radical (unpaired) electrons. The molecule has 17 heavy (non-hydrogen) atoms. The van der Waals surface area contributed by atoms with Crippen LogP contribution >= 0.6 is 0 Å². The molecule has 2 fully saturated rings. The van der Waals surface area contributed by atoms with Gasteiger partial charge in [0.2, 0.25) is 0 Å². The summed E-state index contributed by atoms with van der Waals surface area (Å²) in [7, 11) is 2.11. The molecular formula is C15H30N2. The fourth-order valence-corrected chi connectivity index (χ4v) is 3.86. The molecular weight excluding hydrogens is 208 g/mol. The molecule has 0 spiro atoms. The van der Waals surface area contributed by atoms with Gasteiger partial charge >= 0.3 is 0 Å². The minimum absolute atomic E-state index is 0.748. The van der Waals surface area contributed by atoms with Crippen molar-refractivity contribution in [3.05, 3.63) is 0 Å². The zero-order chi connectivity index (χ0) is 12.3. The van der Waals surface area contributed by atoms with Crippen molar-refractivity contribution in [3.63, 3.8) is 0 Å². The first-order valence-corrected chi connectivity index (χ1v) is 7.65. The zero-order valence-corrected chi connectivity index (χ0v) is 11.9. The lowest BCUT2D eigenvalue weighted by molar-refractivity contribution is 0.0755. The van der Waals surface area contributed by atoms with E-state index in [-0.39, 0.29) is 0 Å². The van der Waals surface area contributed by atoms with E-state index in [4.69, 9.17) is 0 Å². The maximum absolute atomic E-state index is 3.47. The van der Waals surface area contributed by atoms with Crippen LogP contribution in [0.2, 0.25) is 0 Å². The van der Waals surface area contributed by atoms with Crippen LogP contribution in [0.4, 0.5) is 0 Å². The molecule has 0 aromatic rings. The van der Waals surface area contributed by atoms with Crippen LogP contribution in [-0.2, 0) is 0 Å². The van der Waals surface area contributed by atoms with Crippen molar-refractivity contribution in [1.29, 1.82) is 0 Å². The second-order valence-corrected chi connectivity index (χ2v) is 6.24. The average Bonchev–Trinajstić information content (AvgIpc) is 2.39. The first kappa shape index (κ1) is 13.4. The Kier molecular flexibility index (Phi) is 4.87. The van der Waals surface area contributed by atoms with Gasteiger partial charge in [-0.15, -0.1) is 0 Å². The Bertz CT molecular complexity index is 221. The maximum atomic E-state index is 3.47. The minimum Gasteiger partial charge on any atom is -0.317 e. The molecule has 100 valence electrons. The summed E-state index contributed by atoms with van der Waals surface area (Å²) in [5, 5.41) is 3.47. The molecule has 0 amide bonds. The highest BCUT2D eigenvalue weighted by atomic mass is 15.2. The fourth-order valence-electron chi connectivity index (χ4n) is 3.86. The largest absolute Gasteiger partial charge is 0.317 e. The van der Waals surface area contributed by atoms with Crippen LogP contribution in [-0.4, -0.2) is 37.1 Å². The molecule has 0 bridgehead atoms. The lowest BCUT2D eigenvalue weighted by Crippen LogP contribution is -2.51. The van der Waals surface area contributed by atoms with Crippen molar-refractivity contribution in [3.8, 4) is 0 Å². The predicted octanol–water partition coefficient (Wildman–Crippen LogP) is 2.89. The summed E-state index contributed by atoms with van der Waals surface area (Å²) < 4.78 is 0. The van der Waals surface area contributed by atoms with Gasteiger partial charge in [-0.2, -0.15) is 0 Å². The Hall–Kier alpha value is -0.0800. The molecule has 1 N–H and O–H groups in total. The quantitative estimate of drug-likeness (QED) is 0.813. The topological polar surface area (TPSA) is 15.3 Å². The molecule has 1 heterocycles. The van der Waals surface area contributed by atoms with Gasteiger partial charge in [-0.25, -0.2) is 0 Å². The van der Waals surface area contributed by atoms with E-state index in [1.54, 1.807) is 0 Å². The first-order valence-electron chi connectivity index (χ1n) is 7.65. The summed E-state index contributed by atoms with van der Waals surface area (Å²) in [4.78, 5) is 2.78. The van der Waals surface area contributed by atoms with Crippen molar-refractivity contribution < 1.29 is 0 Å². The maximum Gasteiger partial charge on any atom is 0.0114 e. The number of nitrogens with zero attached hydrogens (tertiary/aromatic N) is 1. The highest BCUT2D eigenvalue weighted by molar-refractivity contribution is 4.87. The van der Waals surface area contributed by atoms with E-state index in [9.17, 15) is 0 Å². The fraction of sp³-hybridized carbons (Fsp3) is 1.00. The number of piperidine rings is 1.